The number of nitrogens with one attached hydrogen (secondary N) is 1. The van der Waals surface area contributed by atoms with Gasteiger partial charge in [0.1, 0.15) is 5.76 Å². The molecule has 1 heterocycles. The Morgan fingerprint density at radius 1 is 1.22 bits per heavy atom. The number of urea groups is 1. The van der Waals surface area contributed by atoms with Crippen LogP contribution in [0.2, 0.25) is 0 Å². The lowest BCUT2D eigenvalue weighted by atomic mass is 9.94. The van der Waals surface area contributed by atoms with E-state index in [1.165, 1.54) is 25.7 Å². The molecule has 0 bridgehead atoms. The molecule has 2 aliphatic carbocycles. The summed E-state index contributed by atoms with van der Waals surface area (Å²) in [6.07, 6.45) is 15.5. The number of carbonyl (C=O) groups excluding carboxylic acids is 1. The van der Waals surface area contributed by atoms with Gasteiger partial charge in [-0.2, -0.15) is 0 Å². The first kappa shape index (κ1) is 16.2. The average Bonchev–Trinajstić information content (AvgIpc) is 3.09. The molecule has 1 N–H and O–H groups in total. The summed E-state index contributed by atoms with van der Waals surface area (Å²) in [6.45, 7) is 1.37. The molecular weight excluding hydrogens is 288 g/mol. The van der Waals surface area contributed by atoms with Crippen molar-refractivity contribution in [1.29, 1.82) is 0 Å². The lowest BCUT2D eigenvalue weighted by Crippen LogP contribution is -2.46. The van der Waals surface area contributed by atoms with Crippen molar-refractivity contribution in [3.8, 4) is 0 Å². The summed E-state index contributed by atoms with van der Waals surface area (Å²) in [5.41, 5.74) is 0. The van der Waals surface area contributed by atoms with E-state index in [-0.39, 0.29) is 6.03 Å². The highest BCUT2D eigenvalue weighted by Crippen LogP contribution is 2.22. The Morgan fingerprint density at radius 3 is 2.78 bits per heavy atom. The fourth-order valence-electron chi connectivity index (χ4n) is 3.66. The van der Waals surface area contributed by atoms with Crippen LogP contribution in [0, 0.1) is 5.92 Å². The van der Waals surface area contributed by atoms with Crippen LogP contribution in [0.25, 0.3) is 0 Å². The van der Waals surface area contributed by atoms with Crippen LogP contribution in [-0.4, -0.2) is 23.5 Å². The predicted octanol–water partition coefficient (Wildman–Crippen LogP) is 4.48. The maximum atomic E-state index is 12.8. The van der Waals surface area contributed by atoms with Crippen molar-refractivity contribution in [3.05, 3.63) is 36.3 Å². The first-order chi connectivity index (χ1) is 11.3. The van der Waals surface area contributed by atoms with Crippen molar-refractivity contribution in [2.75, 3.05) is 6.54 Å². The van der Waals surface area contributed by atoms with Crippen molar-refractivity contribution < 1.29 is 9.21 Å². The van der Waals surface area contributed by atoms with Crippen molar-refractivity contribution in [2.45, 2.75) is 64.0 Å². The molecule has 1 fully saturated rings. The van der Waals surface area contributed by atoms with Gasteiger partial charge in [0.25, 0.3) is 0 Å². The SMILES string of the molecule is O=C(NC1CCCCC1)N(Cc1ccco1)CC1CC=CCC1. The monoisotopic (exact) mass is 316 g/mol. The minimum atomic E-state index is 0.0721. The molecule has 23 heavy (non-hydrogen) atoms. The Bertz CT molecular complexity index is 503. The Balaban J connectivity index is 1.60. The molecule has 1 unspecified atom stereocenters. The molecule has 126 valence electrons. The van der Waals surface area contributed by atoms with Gasteiger partial charge in [0, 0.05) is 12.6 Å². The molecule has 2 aliphatic rings. The van der Waals surface area contributed by atoms with Crippen LogP contribution in [0.1, 0.15) is 57.1 Å². The summed E-state index contributed by atoms with van der Waals surface area (Å²) in [5, 5.41) is 3.25. The number of amides is 2. The molecule has 1 saturated carbocycles. The normalized spacial score (nSPS) is 22.0. The number of hydrogen-bond acceptors (Lipinski definition) is 2. The summed E-state index contributed by atoms with van der Waals surface area (Å²) >= 11 is 0. The van der Waals surface area contributed by atoms with E-state index in [1.807, 2.05) is 17.0 Å². The molecule has 4 heteroatoms. The van der Waals surface area contributed by atoms with Gasteiger partial charge >= 0.3 is 6.03 Å². The smallest absolute Gasteiger partial charge is 0.318 e. The fraction of sp³-hybridized carbons (Fsp3) is 0.632. The second-order valence-electron chi connectivity index (χ2n) is 6.89. The summed E-state index contributed by atoms with van der Waals surface area (Å²) in [6, 6.07) is 4.25. The van der Waals surface area contributed by atoms with Crippen LogP contribution in [0.15, 0.2) is 35.0 Å². The van der Waals surface area contributed by atoms with E-state index >= 15 is 0 Å². The Labute approximate surface area is 138 Å². The number of furan rings is 1. The van der Waals surface area contributed by atoms with Gasteiger partial charge in [-0.05, 0) is 50.2 Å². The molecule has 0 aromatic carbocycles. The topological polar surface area (TPSA) is 45.5 Å². The summed E-state index contributed by atoms with van der Waals surface area (Å²) < 4.78 is 5.46. The second-order valence-corrected chi connectivity index (χ2v) is 6.89. The molecule has 0 aliphatic heterocycles. The Kier molecular flexibility index (Phi) is 5.78. The van der Waals surface area contributed by atoms with Gasteiger partial charge < -0.3 is 14.6 Å². The third-order valence-corrected chi connectivity index (χ3v) is 5.00. The van der Waals surface area contributed by atoms with E-state index < -0.39 is 0 Å². The van der Waals surface area contributed by atoms with Crippen molar-refractivity contribution in [1.82, 2.24) is 10.2 Å². The lowest BCUT2D eigenvalue weighted by Gasteiger charge is -2.31. The van der Waals surface area contributed by atoms with Crippen LogP contribution >= 0.6 is 0 Å². The van der Waals surface area contributed by atoms with Crippen LogP contribution in [0.5, 0.6) is 0 Å². The lowest BCUT2D eigenvalue weighted by molar-refractivity contribution is 0.170. The molecule has 1 aromatic heterocycles. The van der Waals surface area contributed by atoms with Crippen molar-refractivity contribution >= 4 is 6.03 Å². The molecule has 1 aromatic rings. The largest absolute Gasteiger partial charge is 0.467 e. The second kappa shape index (κ2) is 8.23. The van der Waals surface area contributed by atoms with E-state index in [9.17, 15) is 4.79 Å². The number of hydrogen-bond donors (Lipinski definition) is 1. The van der Waals surface area contributed by atoms with Gasteiger partial charge in [-0.25, -0.2) is 4.79 Å². The third-order valence-electron chi connectivity index (χ3n) is 5.00. The molecule has 0 radical (unpaired) electrons. The van der Waals surface area contributed by atoms with Gasteiger partial charge in [0.2, 0.25) is 0 Å². The molecule has 2 amide bonds. The van der Waals surface area contributed by atoms with Crippen LogP contribution in [-0.2, 0) is 6.54 Å². The maximum absolute atomic E-state index is 12.8. The Hall–Kier alpha value is -1.71. The van der Waals surface area contributed by atoms with E-state index in [1.54, 1.807) is 6.26 Å². The Morgan fingerprint density at radius 2 is 2.09 bits per heavy atom. The highest BCUT2D eigenvalue weighted by molar-refractivity contribution is 5.74. The van der Waals surface area contributed by atoms with E-state index in [0.717, 1.165) is 38.0 Å². The standard InChI is InChI=1S/C19H28N2O2/c22-19(20-17-10-5-2-6-11-17)21(15-18-12-7-13-23-18)14-16-8-3-1-4-9-16/h1,3,7,12-13,16-17H,2,4-6,8-11,14-15H2,(H,20,22). The highest BCUT2D eigenvalue weighted by Gasteiger charge is 2.23. The minimum Gasteiger partial charge on any atom is -0.467 e. The molecule has 0 saturated heterocycles. The van der Waals surface area contributed by atoms with Crippen LogP contribution in [0.4, 0.5) is 4.79 Å². The number of rotatable bonds is 5. The minimum absolute atomic E-state index is 0.0721. The van der Waals surface area contributed by atoms with Crippen LogP contribution in [0.3, 0.4) is 0 Å². The summed E-state index contributed by atoms with van der Waals surface area (Å²) in [4.78, 5) is 14.7. The van der Waals surface area contributed by atoms with E-state index in [0.29, 0.717) is 18.5 Å². The molecule has 1 atom stereocenters. The van der Waals surface area contributed by atoms with Crippen molar-refractivity contribution in [2.24, 2.45) is 5.92 Å². The van der Waals surface area contributed by atoms with Gasteiger partial charge in [-0.15, -0.1) is 0 Å². The fourth-order valence-corrected chi connectivity index (χ4v) is 3.66. The molecule has 0 spiro atoms. The molecular formula is C19H28N2O2. The van der Waals surface area contributed by atoms with Gasteiger partial charge in [0.05, 0.1) is 12.8 Å². The van der Waals surface area contributed by atoms with Crippen LogP contribution < -0.4 is 5.32 Å². The van der Waals surface area contributed by atoms with Gasteiger partial charge in [0.15, 0.2) is 0 Å². The number of allylic oxidation sites excluding steroid dienone is 2. The first-order valence-electron chi connectivity index (χ1n) is 9.04. The predicted molar refractivity (Wildman–Crippen MR) is 91.0 cm³/mol. The zero-order chi connectivity index (χ0) is 15.9. The summed E-state index contributed by atoms with van der Waals surface area (Å²) in [5.74, 6) is 1.42. The van der Waals surface area contributed by atoms with Gasteiger partial charge in [-0.1, -0.05) is 31.4 Å². The first-order valence-corrected chi connectivity index (χ1v) is 9.04. The third kappa shape index (κ3) is 4.88. The quantitative estimate of drug-likeness (QED) is 0.814. The molecule has 4 nitrogen and oxygen atoms in total. The summed E-state index contributed by atoms with van der Waals surface area (Å²) in [7, 11) is 0. The van der Waals surface area contributed by atoms with E-state index in [2.05, 4.69) is 17.5 Å². The van der Waals surface area contributed by atoms with E-state index in [4.69, 9.17) is 4.42 Å². The number of carbonyl (C=O) groups is 1. The molecule has 3 rings (SSSR count). The maximum Gasteiger partial charge on any atom is 0.318 e. The van der Waals surface area contributed by atoms with Gasteiger partial charge in [-0.3, -0.25) is 0 Å². The zero-order valence-electron chi connectivity index (χ0n) is 13.9. The number of nitrogens with zero attached hydrogens (tertiary/aromatic N) is 1. The van der Waals surface area contributed by atoms with Crippen molar-refractivity contribution in [3.63, 3.8) is 0 Å². The average molecular weight is 316 g/mol. The zero-order valence-corrected chi connectivity index (χ0v) is 13.9. The highest BCUT2D eigenvalue weighted by atomic mass is 16.3.